The molecule has 1 amide bonds. The van der Waals surface area contributed by atoms with E-state index in [0.29, 0.717) is 76.8 Å². The fraction of sp³-hybridized carbons (Fsp3) is 0.281. The number of rotatable bonds is 15. The number of aromatic nitrogens is 2. The molecule has 234 valence electrons. The van der Waals surface area contributed by atoms with E-state index < -0.39 is 11.5 Å². The number of fused-ring (bicyclic) bond motifs is 2. The number of carbonyl (C=O) groups is 3. The van der Waals surface area contributed by atoms with Crippen molar-refractivity contribution in [1.29, 1.82) is 0 Å². The number of aromatic amines is 2. The van der Waals surface area contributed by atoms with Gasteiger partial charge in [0, 0.05) is 61.7 Å². The highest BCUT2D eigenvalue weighted by molar-refractivity contribution is 6.30. The lowest BCUT2D eigenvalue weighted by atomic mass is 10.1. The first kappa shape index (κ1) is 31.5. The maximum absolute atomic E-state index is 13.1. The summed E-state index contributed by atoms with van der Waals surface area (Å²) >= 11 is 5.92. The van der Waals surface area contributed by atoms with Crippen molar-refractivity contribution in [3.63, 3.8) is 0 Å². The van der Waals surface area contributed by atoms with Crippen LogP contribution in [0.4, 0.5) is 0 Å². The summed E-state index contributed by atoms with van der Waals surface area (Å²) in [5.74, 6) is -1.21. The monoisotopic (exact) mass is 634 g/mol. The Balaban J connectivity index is 1.23. The van der Waals surface area contributed by atoms with Crippen molar-refractivity contribution in [2.45, 2.75) is 19.8 Å². The molecule has 2 heterocycles. The Morgan fingerprint density at radius 2 is 1.29 bits per heavy atom. The molecule has 5 rings (SSSR count). The molecule has 0 aliphatic carbocycles. The number of carbonyl (C=O) groups excluding carboxylic acids is 3. The minimum Gasteiger partial charge on any atom is -0.484 e. The zero-order valence-electron chi connectivity index (χ0n) is 24.5. The molecule has 45 heavy (non-hydrogen) atoms. The van der Waals surface area contributed by atoms with E-state index in [0.717, 1.165) is 0 Å². The minimum absolute atomic E-state index is 0.133. The molecule has 13 heteroatoms. The predicted molar refractivity (Wildman–Crippen MR) is 167 cm³/mol. The first-order valence-corrected chi connectivity index (χ1v) is 14.8. The van der Waals surface area contributed by atoms with Crippen molar-refractivity contribution in [3.05, 3.63) is 97.9 Å². The summed E-state index contributed by atoms with van der Waals surface area (Å²) in [6.45, 7) is 3.55. The van der Waals surface area contributed by atoms with Crippen LogP contribution in [0.1, 0.15) is 40.5 Å². The second-order valence-electron chi connectivity index (χ2n) is 10.4. The second-order valence-corrected chi connectivity index (χ2v) is 10.8. The van der Waals surface area contributed by atoms with Crippen molar-refractivity contribution in [2.75, 3.05) is 39.3 Å². The van der Waals surface area contributed by atoms with Crippen molar-refractivity contribution in [1.82, 2.24) is 19.8 Å². The Bertz CT molecular complexity index is 1830. The van der Waals surface area contributed by atoms with Crippen LogP contribution in [0.2, 0.25) is 5.02 Å². The van der Waals surface area contributed by atoms with Crippen LogP contribution in [0.25, 0.3) is 22.2 Å². The smallest absolute Gasteiger partial charge is 0.417 e. The van der Waals surface area contributed by atoms with Crippen molar-refractivity contribution in [3.8, 4) is 5.75 Å². The van der Waals surface area contributed by atoms with E-state index in [1.165, 1.54) is 12.1 Å². The molecule has 0 saturated heterocycles. The van der Waals surface area contributed by atoms with E-state index in [1.54, 1.807) is 53.4 Å². The predicted octanol–water partition coefficient (Wildman–Crippen LogP) is 4.28. The quantitative estimate of drug-likeness (QED) is 0.160. The van der Waals surface area contributed by atoms with Gasteiger partial charge in [0.2, 0.25) is 0 Å². The molecule has 2 N–H and O–H groups in total. The molecule has 0 aliphatic heterocycles. The van der Waals surface area contributed by atoms with Crippen molar-refractivity contribution >= 4 is 51.3 Å². The van der Waals surface area contributed by atoms with Gasteiger partial charge in [0.05, 0.1) is 11.0 Å². The number of hydrogen-bond acceptors (Lipinski definition) is 9. The number of hydrogen-bond donors (Lipinski definition) is 2. The third-order valence-corrected chi connectivity index (χ3v) is 7.64. The number of Topliss-reactive ketones (excluding diaryl/α,β-unsaturated/α-hetero) is 2. The summed E-state index contributed by atoms with van der Waals surface area (Å²) < 4.78 is 15.8. The van der Waals surface area contributed by atoms with E-state index in [1.807, 2.05) is 11.8 Å². The van der Waals surface area contributed by atoms with Crippen LogP contribution < -0.4 is 16.2 Å². The molecule has 0 bridgehead atoms. The second kappa shape index (κ2) is 14.2. The van der Waals surface area contributed by atoms with E-state index in [-0.39, 0.29) is 36.9 Å². The van der Waals surface area contributed by atoms with E-state index in [9.17, 15) is 24.0 Å². The molecular weight excluding hydrogens is 604 g/mol. The molecule has 0 atom stereocenters. The van der Waals surface area contributed by atoms with E-state index >= 15 is 0 Å². The number of ketones is 2. The average molecular weight is 635 g/mol. The highest BCUT2D eigenvalue weighted by Gasteiger charge is 2.18. The number of H-pyrrole nitrogens is 2. The standard InChI is InChI=1S/C32H31ClN4O8/c1-2-37(30(40)19-43-23-7-5-22(33)6-8-23)16-15-36(13-11-26(38)20-3-9-24-28(17-20)44-31(41)34-24)14-12-27(39)21-4-10-25-29(18-21)45-32(42)35-25/h3-10,17-18H,2,11-16,19H2,1H3,(H,34,41)(H,35,42). The van der Waals surface area contributed by atoms with Gasteiger partial charge in [0.1, 0.15) is 5.75 Å². The number of nitrogens with zero attached hydrogens (tertiary/aromatic N) is 2. The van der Waals surface area contributed by atoms with E-state index in [2.05, 4.69) is 9.97 Å². The van der Waals surface area contributed by atoms with Crippen LogP contribution >= 0.6 is 11.6 Å². The number of halogens is 1. The fourth-order valence-corrected chi connectivity index (χ4v) is 5.00. The Hall–Kier alpha value is -4.94. The molecule has 0 spiro atoms. The van der Waals surface area contributed by atoms with Gasteiger partial charge < -0.3 is 23.4 Å². The molecule has 3 aromatic carbocycles. The van der Waals surface area contributed by atoms with Gasteiger partial charge in [-0.3, -0.25) is 24.4 Å². The van der Waals surface area contributed by atoms with Gasteiger partial charge in [-0.15, -0.1) is 0 Å². The zero-order chi connectivity index (χ0) is 31.9. The molecule has 0 radical (unpaired) electrons. The number of likely N-dealkylation sites (N-methyl/N-ethyl adjacent to an activating group) is 1. The molecule has 0 unspecified atom stereocenters. The lowest BCUT2D eigenvalue weighted by Gasteiger charge is -2.27. The zero-order valence-corrected chi connectivity index (χ0v) is 25.2. The van der Waals surface area contributed by atoms with Gasteiger partial charge in [0.25, 0.3) is 5.91 Å². The van der Waals surface area contributed by atoms with Crippen LogP contribution in [0.3, 0.4) is 0 Å². The Morgan fingerprint density at radius 3 is 1.80 bits per heavy atom. The Labute approximate surface area is 261 Å². The SMILES string of the molecule is CCN(CCN(CCC(=O)c1ccc2[nH]c(=O)oc2c1)CCC(=O)c1ccc2[nH]c(=O)oc2c1)C(=O)COc1ccc(Cl)cc1. The van der Waals surface area contributed by atoms with Gasteiger partial charge in [-0.1, -0.05) is 11.6 Å². The third-order valence-electron chi connectivity index (χ3n) is 7.39. The summed E-state index contributed by atoms with van der Waals surface area (Å²) in [6, 6.07) is 16.3. The van der Waals surface area contributed by atoms with Gasteiger partial charge in [-0.2, -0.15) is 0 Å². The highest BCUT2D eigenvalue weighted by Crippen LogP contribution is 2.17. The molecule has 2 aromatic heterocycles. The summed E-state index contributed by atoms with van der Waals surface area (Å²) in [5, 5.41) is 0.564. The Morgan fingerprint density at radius 1 is 0.756 bits per heavy atom. The minimum atomic E-state index is -0.600. The first-order valence-electron chi connectivity index (χ1n) is 14.4. The summed E-state index contributed by atoms with van der Waals surface area (Å²) in [7, 11) is 0. The third kappa shape index (κ3) is 8.16. The summed E-state index contributed by atoms with van der Waals surface area (Å²) in [6.07, 6.45) is 0.267. The molecule has 12 nitrogen and oxygen atoms in total. The van der Waals surface area contributed by atoms with Crippen molar-refractivity contribution < 1.29 is 28.0 Å². The highest BCUT2D eigenvalue weighted by atomic mass is 35.5. The molecule has 0 aliphatic rings. The fourth-order valence-electron chi connectivity index (χ4n) is 4.87. The number of ether oxygens (including phenoxy) is 1. The lowest BCUT2D eigenvalue weighted by molar-refractivity contribution is -0.133. The summed E-state index contributed by atoms with van der Waals surface area (Å²) in [5.41, 5.74) is 2.37. The molecule has 0 fully saturated rings. The first-order chi connectivity index (χ1) is 21.7. The molecule has 5 aromatic rings. The maximum Gasteiger partial charge on any atom is 0.417 e. The maximum atomic E-state index is 13.1. The van der Waals surface area contributed by atoms with Crippen LogP contribution in [0.5, 0.6) is 5.75 Å². The van der Waals surface area contributed by atoms with Gasteiger partial charge >= 0.3 is 11.5 Å². The van der Waals surface area contributed by atoms with Crippen LogP contribution in [-0.4, -0.2) is 76.6 Å². The van der Waals surface area contributed by atoms with Crippen LogP contribution in [0.15, 0.2) is 79.1 Å². The van der Waals surface area contributed by atoms with Crippen molar-refractivity contribution in [2.24, 2.45) is 0 Å². The van der Waals surface area contributed by atoms with Gasteiger partial charge in [-0.25, -0.2) is 9.59 Å². The lowest BCUT2D eigenvalue weighted by Crippen LogP contribution is -2.41. The number of amides is 1. The van der Waals surface area contributed by atoms with Gasteiger partial charge in [-0.05, 0) is 67.6 Å². The number of oxazole rings is 2. The largest absolute Gasteiger partial charge is 0.484 e. The summed E-state index contributed by atoms with van der Waals surface area (Å²) in [4.78, 5) is 70.8. The Kier molecular flexibility index (Phi) is 9.95. The number of nitrogens with one attached hydrogen (secondary N) is 2. The number of benzene rings is 3. The van der Waals surface area contributed by atoms with Gasteiger partial charge in [0.15, 0.2) is 29.3 Å². The van der Waals surface area contributed by atoms with E-state index in [4.69, 9.17) is 25.2 Å². The van der Waals surface area contributed by atoms with Crippen LogP contribution in [-0.2, 0) is 4.79 Å². The molecule has 0 saturated carbocycles. The van der Waals surface area contributed by atoms with Crippen LogP contribution in [0, 0.1) is 0 Å². The average Bonchev–Trinajstić information content (AvgIpc) is 3.60. The topological polar surface area (TPSA) is 159 Å². The normalized spacial score (nSPS) is 11.4. The molecular formula is C32H31ClN4O8.